The highest BCUT2D eigenvalue weighted by Gasteiger charge is 2.09. The van der Waals surface area contributed by atoms with Crippen LogP contribution in [0, 0.1) is 0 Å². The van der Waals surface area contributed by atoms with Crippen molar-refractivity contribution in [3.63, 3.8) is 0 Å². The second-order valence-corrected chi connectivity index (χ2v) is 3.76. The number of hydrogen-bond acceptors (Lipinski definition) is 4. The second kappa shape index (κ2) is 3.82. The molecule has 2 rings (SSSR count). The molecule has 0 radical (unpaired) electrons. The molecule has 2 aromatic rings. The average molecular weight is 223 g/mol. The van der Waals surface area contributed by atoms with Gasteiger partial charge in [-0.15, -0.1) is 11.3 Å². The van der Waals surface area contributed by atoms with Gasteiger partial charge in [-0.1, -0.05) is 6.92 Å². The molecule has 0 aliphatic heterocycles. The highest BCUT2D eigenvalue weighted by atomic mass is 32.1. The third-order valence-electron chi connectivity index (χ3n) is 1.91. The minimum Gasteiger partial charge on any atom is -0.476 e. The molecule has 0 fully saturated rings. The first kappa shape index (κ1) is 9.85. The van der Waals surface area contributed by atoms with Gasteiger partial charge >= 0.3 is 5.97 Å². The molecular formula is C9H9N3O2S. The van der Waals surface area contributed by atoms with Crippen molar-refractivity contribution in [3.8, 4) is 5.13 Å². The highest BCUT2D eigenvalue weighted by Crippen LogP contribution is 2.14. The number of aromatic carboxylic acids is 1. The lowest BCUT2D eigenvalue weighted by Crippen LogP contribution is -2.00. The monoisotopic (exact) mass is 223 g/mol. The van der Waals surface area contributed by atoms with Crippen molar-refractivity contribution in [2.75, 3.05) is 0 Å². The molecule has 0 atom stereocenters. The van der Waals surface area contributed by atoms with Gasteiger partial charge in [0, 0.05) is 11.6 Å². The Kier molecular flexibility index (Phi) is 2.51. The van der Waals surface area contributed by atoms with Gasteiger partial charge in [-0.25, -0.2) is 14.5 Å². The van der Waals surface area contributed by atoms with Crippen LogP contribution in [0.5, 0.6) is 0 Å². The highest BCUT2D eigenvalue weighted by molar-refractivity contribution is 7.12. The molecule has 78 valence electrons. The van der Waals surface area contributed by atoms with E-state index in [1.165, 1.54) is 22.1 Å². The van der Waals surface area contributed by atoms with Gasteiger partial charge in [0.2, 0.25) is 5.13 Å². The smallest absolute Gasteiger partial charge is 0.356 e. The van der Waals surface area contributed by atoms with E-state index in [9.17, 15) is 4.79 Å². The van der Waals surface area contributed by atoms with Crippen LogP contribution in [-0.2, 0) is 6.42 Å². The van der Waals surface area contributed by atoms with Crippen LogP contribution in [0.4, 0.5) is 0 Å². The van der Waals surface area contributed by atoms with Crippen molar-refractivity contribution in [2.24, 2.45) is 0 Å². The van der Waals surface area contributed by atoms with Crippen LogP contribution in [0.2, 0.25) is 0 Å². The van der Waals surface area contributed by atoms with E-state index < -0.39 is 5.97 Å². The summed E-state index contributed by atoms with van der Waals surface area (Å²) in [6, 6.07) is 1.45. The lowest BCUT2D eigenvalue weighted by molar-refractivity contribution is 0.0690. The summed E-state index contributed by atoms with van der Waals surface area (Å²) in [5.74, 6) is -1.03. The first-order valence-electron chi connectivity index (χ1n) is 4.44. The molecule has 15 heavy (non-hydrogen) atoms. The van der Waals surface area contributed by atoms with Gasteiger partial charge in [-0.3, -0.25) is 0 Å². The van der Waals surface area contributed by atoms with E-state index in [1.54, 1.807) is 6.20 Å². The third kappa shape index (κ3) is 1.89. The van der Waals surface area contributed by atoms with Gasteiger partial charge in [-0.2, -0.15) is 5.10 Å². The Morgan fingerprint density at radius 1 is 1.67 bits per heavy atom. The first-order valence-corrected chi connectivity index (χ1v) is 5.32. The van der Waals surface area contributed by atoms with E-state index in [2.05, 4.69) is 10.1 Å². The summed E-state index contributed by atoms with van der Waals surface area (Å²) in [5.41, 5.74) is 1.02. The molecule has 0 saturated heterocycles. The summed E-state index contributed by atoms with van der Waals surface area (Å²) >= 11 is 1.45. The number of aromatic nitrogens is 3. The molecule has 0 aromatic carbocycles. The predicted octanol–water partition coefficient (Wildman–Crippen LogP) is 1.59. The van der Waals surface area contributed by atoms with Gasteiger partial charge in [0.05, 0.1) is 5.69 Å². The number of carboxylic acids is 1. The lowest BCUT2D eigenvalue weighted by atomic mass is 10.4. The number of aryl methyl sites for hydroxylation is 1. The van der Waals surface area contributed by atoms with Crippen molar-refractivity contribution < 1.29 is 9.90 Å². The van der Waals surface area contributed by atoms with Gasteiger partial charge in [-0.05, 0) is 12.5 Å². The maximum Gasteiger partial charge on any atom is 0.356 e. The van der Waals surface area contributed by atoms with E-state index in [0.717, 1.165) is 12.1 Å². The number of nitrogens with zero attached hydrogens (tertiary/aromatic N) is 3. The fourth-order valence-electron chi connectivity index (χ4n) is 1.11. The molecule has 1 N–H and O–H groups in total. The van der Waals surface area contributed by atoms with E-state index in [1.807, 2.05) is 12.3 Å². The maximum absolute atomic E-state index is 10.6. The Bertz CT molecular complexity index is 489. The van der Waals surface area contributed by atoms with Gasteiger partial charge in [0.25, 0.3) is 0 Å². The molecule has 0 amide bonds. The Morgan fingerprint density at radius 3 is 3.00 bits per heavy atom. The topological polar surface area (TPSA) is 68.0 Å². The number of hydrogen-bond donors (Lipinski definition) is 1. The molecule has 0 saturated carbocycles. The number of rotatable bonds is 3. The second-order valence-electron chi connectivity index (χ2n) is 2.93. The molecule has 5 nitrogen and oxygen atoms in total. The SMILES string of the molecule is CCc1csc(-n2ccc(C(=O)O)n2)n1. The molecule has 0 unspecified atom stereocenters. The van der Waals surface area contributed by atoms with Crippen molar-refractivity contribution in [1.82, 2.24) is 14.8 Å². The van der Waals surface area contributed by atoms with Crippen molar-refractivity contribution in [1.29, 1.82) is 0 Å². The van der Waals surface area contributed by atoms with Crippen LogP contribution >= 0.6 is 11.3 Å². The Balaban J connectivity index is 2.32. The standard InChI is InChI=1S/C9H9N3O2S/c1-2-6-5-15-9(10-6)12-4-3-7(11-12)8(13)14/h3-5H,2H2,1H3,(H,13,14). The molecule has 6 heteroatoms. The zero-order valence-electron chi connectivity index (χ0n) is 8.04. The Hall–Kier alpha value is -1.69. The van der Waals surface area contributed by atoms with E-state index >= 15 is 0 Å². The van der Waals surface area contributed by atoms with Gasteiger partial charge in [0.15, 0.2) is 5.69 Å². The van der Waals surface area contributed by atoms with Crippen molar-refractivity contribution in [2.45, 2.75) is 13.3 Å². The molecule has 0 spiro atoms. The molecular weight excluding hydrogens is 214 g/mol. The summed E-state index contributed by atoms with van der Waals surface area (Å²) in [7, 11) is 0. The van der Waals surface area contributed by atoms with Gasteiger partial charge < -0.3 is 5.11 Å². The minimum atomic E-state index is -1.03. The fraction of sp³-hybridized carbons (Fsp3) is 0.222. The molecule has 0 aliphatic carbocycles. The number of carbonyl (C=O) groups is 1. The lowest BCUT2D eigenvalue weighted by Gasteiger charge is -1.92. The molecule has 0 bridgehead atoms. The fourth-order valence-corrected chi connectivity index (χ4v) is 1.95. The van der Waals surface area contributed by atoms with E-state index in [-0.39, 0.29) is 5.69 Å². The first-order chi connectivity index (χ1) is 7.20. The van der Waals surface area contributed by atoms with Crippen LogP contribution in [-0.4, -0.2) is 25.8 Å². The maximum atomic E-state index is 10.6. The van der Waals surface area contributed by atoms with Crippen molar-refractivity contribution in [3.05, 3.63) is 29.0 Å². The number of carboxylic acid groups (broad SMARTS) is 1. The van der Waals surface area contributed by atoms with Crippen LogP contribution < -0.4 is 0 Å². The summed E-state index contributed by atoms with van der Waals surface area (Å²) < 4.78 is 1.48. The zero-order valence-corrected chi connectivity index (χ0v) is 8.86. The van der Waals surface area contributed by atoms with E-state index in [0.29, 0.717) is 5.13 Å². The Morgan fingerprint density at radius 2 is 2.47 bits per heavy atom. The number of thiazole rings is 1. The average Bonchev–Trinajstić information content (AvgIpc) is 2.86. The summed E-state index contributed by atoms with van der Waals surface area (Å²) in [4.78, 5) is 14.9. The van der Waals surface area contributed by atoms with Crippen LogP contribution in [0.15, 0.2) is 17.6 Å². The summed E-state index contributed by atoms with van der Waals surface area (Å²) in [5, 5.41) is 15.2. The largest absolute Gasteiger partial charge is 0.476 e. The third-order valence-corrected chi connectivity index (χ3v) is 2.79. The quantitative estimate of drug-likeness (QED) is 0.858. The zero-order chi connectivity index (χ0) is 10.8. The van der Waals surface area contributed by atoms with Crippen LogP contribution in [0.1, 0.15) is 23.1 Å². The summed E-state index contributed by atoms with van der Waals surface area (Å²) in [6.07, 6.45) is 2.46. The van der Waals surface area contributed by atoms with Crippen LogP contribution in [0.25, 0.3) is 5.13 Å². The Labute approximate surface area is 90.0 Å². The predicted molar refractivity (Wildman–Crippen MR) is 55.6 cm³/mol. The summed E-state index contributed by atoms with van der Waals surface area (Å²) in [6.45, 7) is 2.02. The van der Waals surface area contributed by atoms with Crippen molar-refractivity contribution >= 4 is 17.3 Å². The molecule has 0 aliphatic rings. The molecule has 2 heterocycles. The van der Waals surface area contributed by atoms with Crippen LogP contribution in [0.3, 0.4) is 0 Å². The van der Waals surface area contributed by atoms with E-state index in [4.69, 9.17) is 5.11 Å². The minimum absolute atomic E-state index is 0.0308. The normalized spacial score (nSPS) is 10.5. The molecule has 2 aromatic heterocycles. The van der Waals surface area contributed by atoms with Gasteiger partial charge in [0.1, 0.15) is 0 Å².